The van der Waals surface area contributed by atoms with E-state index in [9.17, 15) is 22.9 Å². The molecule has 3 unspecified atom stereocenters. The van der Waals surface area contributed by atoms with Crippen LogP contribution in [0.2, 0.25) is 0 Å². The minimum Gasteiger partial charge on any atom is -0.489 e. The summed E-state index contributed by atoms with van der Waals surface area (Å²) < 4.78 is 74.5. The number of ether oxygens (including phenoxy) is 6. The minimum absolute atomic E-state index is 0.00901. The highest BCUT2D eigenvalue weighted by atomic mass is 32.2. The lowest BCUT2D eigenvalue weighted by atomic mass is 10.0. The van der Waals surface area contributed by atoms with E-state index >= 15 is 0 Å². The van der Waals surface area contributed by atoms with Crippen LogP contribution in [0.3, 0.4) is 0 Å². The van der Waals surface area contributed by atoms with Crippen LogP contribution in [0.5, 0.6) is 17.2 Å². The molecule has 0 radical (unpaired) electrons. The van der Waals surface area contributed by atoms with Crippen molar-refractivity contribution in [3.63, 3.8) is 0 Å². The molecule has 2 fully saturated rings. The number of hydrogen-bond donors (Lipinski definition) is 2. The minimum atomic E-state index is -3.83. The third kappa shape index (κ3) is 9.32. The first-order valence-corrected chi connectivity index (χ1v) is 17.7. The highest BCUT2D eigenvalue weighted by Gasteiger charge is 2.45. The second-order valence-electron chi connectivity index (χ2n) is 13.0. The molecule has 0 bridgehead atoms. The number of aliphatic hydroxyl groups is 1. The average Bonchev–Trinajstić information content (AvgIpc) is 3.81. The highest BCUT2D eigenvalue weighted by Crippen LogP contribution is 2.42. The summed E-state index contributed by atoms with van der Waals surface area (Å²) in [6, 6.07) is 19.4. The normalized spacial score (nSPS) is 21.9. The van der Waals surface area contributed by atoms with Crippen molar-refractivity contribution in [1.82, 2.24) is 9.62 Å². The van der Waals surface area contributed by atoms with Crippen molar-refractivity contribution in [2.45, 2.75) is 69.0 Å². The van der Waals surface area contributed by atoms with E-state index in [1.165, 1.54) is 22.5 Å². The number of alkyl carbamates (subject to hydrolysis) is 1. The van der Waals surface area contributed by atoms with E-state index in [2.05, 4.69) is 20.9 Å². The maximum atomic E-state index is 13.8. The van der Waals surface area contributed by atoms with Crippen LogP contribution in [-0.4, -0.2) is 76.9 Å². The number of amides is 1. The van der Waals surface area contributed by atoms with E-state index in [4.69, 9.17) is 24.2 Å². The van der Waals surface area contributed by atoms with E-state index in [-0.39, 0.29) is 61.0 Å². The van der Waals surface area contributed by atoms with Gasteiger partial charge in [-0.25, -0.2) is 13.3 Å². The van der Waals surface area contributed by atoms with Crippen molar-refractivity contribution in [2.75, 3.05) is 26.3 Å². The maximum absolute atomic E-state index is 13.8. The number of benzene rings is 3. The Kier molecular flexibility index (Phi) is 11.4. The third-order valence-electron chi connectivity index (χ3n) is 8.62. The first-order valence-electron chi connectivity index (χ1n) is 16.6. The summed E-state index contributed by atoms with van der Waals surface area (Å²) in [6.07, 6.45) is -5.86. The van der Waals surface area contributed by atoms with Crippen molar-refractivity contribution in [1.29, 1.82) is 5.26 Å². The molecule has 0 aliphatic carbocycles. The summed E-state index contributed by atoms with van der Waals surface area (Å²) >= 11 is 0. The summed E-state index contributed by atoms with van der Waals surface area (Å²) in [5.74, 6) is 0.0911. The number of halogens is 2. The zero-order valence-electron chi connectivity index (χ0n) is 28.0. The lowest BCUT2D eigenvalue weighted by molar-refractivity contribution is -0.286. The second-order valence-corrected chi connectivity index (χ2v) is 14.5. The number of rotatable bonds is 14. The van der Waals surface area contributed by atoms with Gasteiger partial charge < -0.3 is 38.8 Å². The Morgan fingerprint density at radius 3 is 2.63 bits per heavy atom. The molecule has 2 N–H and O–H groups in total. The number of carbonyl (C=O) groups excluding carboxylic acids is 1. The van der Waals surface area contributed by atoms with Gasteiger partial charge >= 0.3 is 12.4 Å². The SMILES string of the molecule is CC(C)CN(C[C@@H](O)[C@H](Cc1ccc(OCc2cccc(C#N)c2)cc1)NC(=O)O[C@H]1COC2OCCC21)S(=O)c1ccc2c(c1)OC(F)(F)O2. The number of carbonyl (C=O) groups is 1. The molecule has 3 heterocycles. The first kappa shape index (κ1) is 36.5. The van der Waals surface area contributed by atoms with Crippen molar-refractivity contribution in [2.24, 2.45) is 11.8 Å². The maximum Gasteiger partial charge on any atom is 0.586 e. The number of hydrogen-bond acceptors (Lipinski definition) is 10. The lowest BCUT2D eigenvalue weighted by Crippen LogP contribution is -2.51. The Hall–Kier alpha value is -4.33. The number of nitriles is 1. The fraction of sp³-hybridized carbons (Fsp3) is 0.444. The molecule has 1 amide bonds. The Labute approximate surface area is 296 Å². The predicted molar refractivity (Wildman–Crippen MR) is 178 cm³/mol. The van der Waals surface area contributed by atoms with Crippen LogP contribution in [0, 0.1) is 23.2 Å². The number of aliphatic hydroxyl groups excluding tert-OH is 1. The van der Waals surface area contributed by atoms with Gasteiger partial charge in [-0.2, -0.15) is 5.26 Å². The van der Waals surface area contributed by atoms with Crippen LogP contribution in [0.15, 0.2) is 71.6 Å². The molecule has 272 valence electrons. The molecule has 3 aliphatic heterocycles. The van der Waals surface area contributed by atoms with E-state index in [0.717, 1.165) is 11.1 Å². The van der Waals surface area contributed by atoms with Crippen LogP contribution in [0.25, 0.3) is 0 Å². The number of nitrogens with one attached hydrogen (secondary N) is 1. The van der Waals surface area contributed by atoms with E-state index < -0.39 is 47.9 Å². The van der Waals surface area contributed by atoms with Gasteiger partial charge in [-0.1, -0.05) is 38.1 Å². The summed E-state index contributed by atoms with van der Waals surface area (Å²) in [6.45, 7) is 4.93. The molecular weight excluding hydrogens is 688 g/mol. The Bertz CT molecular complexity index is 1760. The van der Waals surface area contributed by atoms with Gasteiger partial charge in [-0.15, -0.1) is 8.78 Å². The second kappa shape index (κ2) is 15.9. The molecule has 0 aromatic heterocycles. The monoisotopic (exact) mass is 727 g/mol. The topological polar surface area (TPSA) is 149 Å². The number of alkyl halides is 2. The first-order chi connectivity index (χ1) is 24.5. The average molecular weight is 728 g/mol. The molecule has 51 heavy (non-hydrogen) atoms. The summed E-state index contributed by atoms with van der Waals surface area (Å²) in [7, 11) is -1.90. The zero-order valence-corrected chi connectivity index (χ0v) is 28.9. The van der Waals surface area contributed by atoms with E-state index in [0.29, 0.717) is 24.3 Å². The van der Waals surface area contributed by atoms with Crippen molar-refractivity contribution in [3.8, 4) is 23.3 Å². The van der Waals surface area contributed by atoms with Crippen LogP contribution >= 0.6 is 0 Å². The summed E-state index contributed by atoms with van der Waals surface area (Å²) in [5, 5.41) is 23.6. The highest BCUT2D eigenvalue weighted by molar-refractivity contribution is 7.82. The van der Waals surface area contributed by atoms with Gasteiger partial charge in [0.2, 0.25) is 0 Å². The molecule has 15 heteroatoms. The smallest absolute Gasteiger partial charge is 0.489 e. The van der Waals surface area contributed by atoms with Crippen LogP contribution < -0.4 is 19.5 Å². The van der Waals surface area contributed by atoms with Gasteiger partial charge in [0, 0.05) is 19.2 Å². The molecule has 0 saturated carbocycles. The Morgan fingerprint density at radius 1 is 1.08 bits per heavy atom. The number of nitrogens with zero attached hydrogens (tertiary/aromatic N) is 2. The molecule has 3 aromatic carbocycles. The molecule has 6 atom stereocenters. The van der Waals surface area contributed by atoms with Gasteiger partial charge in [-0.3, -0.25) is 0 Å². The van der Waals surface area contributed by atoms with E-state index in [1.807, 2.05) is 32.0 Å². The quantitative estimate of drug-likeness (QED) is 0.235. The molecule has 3 aromatic rings. The predicted octanol–water partition coefficient (Wildman–Crippen LogP) is 4.90. The molecule has 0 spiro atoms. The van der Waals surface area contributed by atoms with Crippen molar-refractivity contribution in [3.05, 3.63) is 83.4 Å². The fourth-order valence-corrected chi connectivity index (χ4v) is 7.58. The Balaban J connectivity index is 1.16. The van der Waals surface area contributed by atoms with Gasteiger partial charge in [0.1, 0.15) is 29.4 Å². The largest absolute Gasteiger partial charge is 0.586 e. The standard InChI is InChI=1S/C36H39F2N3O9S/c1-22(2)18-41(51(44)27-10-11-31-32(16-27)50-36(37,38)49-31)19-30(42)29(40-35(43)48-33-21-47-34-28(33)12-13-45-34)15-23-6-8-26(9-7-23)46-20-25-5-3-4-24(14-25)17-39/h3-11,14,16,22,28-30,33-34,42H,12-13,15,18-21H2,1-2H3,(H,40,43)/t28?,29-,30+,33-,34?,51?/m0/s1. The van der Waals surface area contributed by atoms with Crippen LogP contribution in [0.1, 0.15) is 37.0 Å². The van der Waals surface area contributed by atoms with Gasteiger partial charge in [0.25, 0.3) is 0 Å². The fourth-order valence-electron chi connectivity index (χ4n) is 6.17. The zero-order chi connectivity index (χ0) is 36.1. The molecule has 2 saturated heterocycles. The number of fused-ring (bicyclic) bond motifs is 2. The van der Waals surface area contributed by atoms with Crippen LogP contribution in [0.4, 0.5) is 13.6 Å². The third-order valence-corrected chi connectivity index (χ3v) is 10.0. The lowest BCUT2D eigenvalue weighted by Gasteiger charge is -2.30. The molecule has 3 aliphatic rings. The molecule has 6 rings (SSSR count). The molecule has 12 nitrogen and oxygen atoms in total. The van der Waals surface area contributed by atoms with Gasteiger partial charge in [0.05, 0.1) is 47.8 Å². The summed E-state index contributed by atoms with van der Waals surface area (Å²) in [4.78, 5) is 13.4. The van der Waals surface area contributed by atoms with Gasteiger partial charge in [0.15, 0.2) is 17.8 Å². The Morgan fingerprint density at radius 2 is 1.86 bits per heavy atom. The van der Waals surface area contributed by atoms with Crippen molar-refractivity contribution >= 4 is 17.1 Å². The van der Waals surface area contributed by atoms with Gasteiger partial charge in [-0.05, 0) is 66.3 Å². The van der Waals surface area contributed by atoms with E-state index in [1.54, 1.807) is 30.3 Å². The van der Waals surface area contributed by atoms with Crippen LogP contribution in [-0.2, 0) is 38.2 Å². The summed E-state index contributed by atoms with van der Waals surface area (Å²) in [5.41, 5.74) is 2.14. The van der Waals surface area contributed by atoms with Crippen molar-refractivity contribution < 1.29 is 51.3 Å². The molecular formula is C36H39F2N3O9S.